The van der Waals surface area contributed by atoms with Crippen molar-refractivity contribution in [3.05, 3.63) is 34.1 Å². The van der Waals surface area contributed by atoms with E-state index in [0.29, 0.717) is 17.9 Å². The molecule has 0 spiro atoms. The van der Waals surface area contributed by atoms with Crippen LogP contribution in [0.2, 0.25) is 5.02 Å². The van der Waals surface area contributed by atoms with Crippen molar-refractivity contribution in [3.63, 3.8) is 0 Å². The van der Waals surface area contributed by atoms with Crippen LogP contribution in [0.25, 0.3) is 0 Å². The van der Waals surface area contributed by atoms with Gasteiger partial charge in [0.15, 0.2) is 0 Å². The SMILES string of the molecule is Cc1cc(C(=O)NC(CCO)C2CC2)c(Cl)cc1F. The predicted octanol–water partition coefficient (Wildman–Crippen LogP) is 2.68. The third kappa shape index (κ3) is 3.45. The number of hydrogen-bond acceptors (Lipinski definition) is 2. The molecule has 3 nitrogen and oxygen atoms in total. The van der Waals surface area contributed by atoms with Crippen molar-refractivity contribution in [2.45, 2.75) is 32.2 Å². The van der Waals surface area contributed by atoms with E-state index in [9.17, 15) is 9.18 Å². The van der Waals surface area contributed by atoms with Gasteiger partial charge in [-0.15, -0.1) is 0 Å². The van der Waals surface area contributed by atoms with Gasteiger partial charge in [0.2, 0.25) is 0 Å². The summed E-state index contributed by atoms with van der Waals surface area (Å²) in [5.41, 5.74) is 0.670. The van der Waals surface area contributed by atoms with Crippen molar-refractivity contribution >= 4 is 17.5 Å². The summed E-state index contributed by atoms with van der Waals surface area (Å²) in [5, 5.41) is 12.0. The van der Waals surface area contributed by atoms with Crippen LogP contribution in [0.15, 0.2) is 12.1 Å². The van der Waals surface area contributed by atoms with Gasteiger partial charge in [0, 0.05) is 12.6 Å². The van der Waals surface area contributed by atoms with Gasteiger partial charge in [-0.1, -0.05) is 11.6 Å². The number of aliphatic hydroxyl groups excluding tert-OH is 1. The van der Waals surface area contributed by atoms with Crippen molar-refractivity contribution in [2.75, 3.05) is 6.61 Å². The van der Waals surface area contributed by atoms with E-state index in [4.69, 9.17) is 16.7 Å². The summed E-state index contributed by atoms with van der Waals surface area (Å²) in [6.07, 6.45) is 2.68. The van der Waals surface area contributed by atoms with E-state index in [1.807, 2.05) is 0 Å². The number of aliphatic hydroxyl groups is 1. The summed E-state index contributed by atoms with van der Waals surface area (Å²) in [7, 11) is 0. The molecule has 19 heavy (non-hydrogen) atoms. The van der Waals surface area contributed by atoms with Crippen LogP contribution in [0.3, 0.4) is 0 Å². The Morgan fingerprint density at radius 1 is 1.58 bits per heavy atom. The molecule has 0 bridgehead atoms. The first kappa shape index (κ1) is 14.3. The third-order valence-corrected chi connectivity index (χ3v) is 3.75. The molecular weight excluding hydrogens is 269 g/mol. The van der Waals surface area contributed by atoms with Crippen LogP contribution < -0.4 is 5.32 Å². The summed E-state index contributed by atoms with van der Waals surface area (Å²) < 4.78 is 13.3. The zero-order chi connectivity index (χ0) is 14.0. The van der Waals surface area contributed by atoms with Crippen LogP contribution in [0.1, 0.15) is 35.2 Å². The fraction of sp³-hybridized carbons (Fsp3) is 0.500. The second-order valence-corrected chi connectivity index (χ2v) is 5.42. The van der Waals surface area contributed by atoms with Crippen molar-refractivity contribution < 1.29 is 14.3 Å². The molecule has 5 heteroatoms. The molecule has 0 heterocycles. The molecule has 1 aromatic rings. The lowest BCUT2D eigenvalue weighted by molar-refractivity contribution is 0.0924. The average molecular weight is 286 g/mol. The maximum Gasteiger partial charge on any atom is 0.253 e. The Hall–Kier alpha value is -1.13. The largest absolute Gasteiger partial charge is 0.396 e. The summed E-state index contributed by atoms with van der Waals surface area (Å²) in [6.45, 7) is 1.63. The van der Waals surface area contributed by atoms with Gasteiger partial charge in [0.05, 0.1) is 10.6 Å². The summed E-state index contributed by atoms with van der Waals surface area (Å²) in [4.78, 5) is 12.1. The molecule has 2 rings (SSSR count). The lowest BCUT2D eigenvalue weighted by atomic mass is 10.1. The number of carbonyl (C=O) groups is 1. The fourth-order valence-corrected chi connectivity index (χ4v) is 2.38. The van der Waals surface area contributed by atoms with Crippen LogP contribution in [0.4, 0.5) is 4.39 Å². The summed E-state index contributed by atoms with van der Waals surface area (Å²) in [6, 6.07) is 2.58. The maximum absolute atomic E-state index is 13.3. The standard InChI is InChI=1S/C14H17ClFNO2/c1-8-6-10(11(15)7-12(8)16)14(19)17-13(4-5-18)9-2-3-9/h6-7,9,13,18H,2-5H2,1H3,(H,17,19). The van der Waals surface area contributed by atoms with Crippen LogP contribution in [0, 0.1) is 18.7 Å². The van der Waals surface area contributed by atoms with Crippen LogP contribution >= 0.6 is 11.6 Å². The van der Waals surface area contributed by atoms with Crippen molar-refractivity contribution in [2.24, 2.45) is 5.92 Å². The Labute approximate surface area is 116 Å². The van der Waals surface area contributed by atoms with Gasteiger partial charge in [-0.2, -0.15) is 0 Å². The van der Waals surface area contributed by atoms with Crippen molar-refractivity contribution in [1.82, 2.24) is 5.32 Å². The van der Waals surface area contributed by atoms with Crippen LogP contribution in [0.5, 0.6) is 0 Å². The number of amides is 1. The molecule has 0 aliphatic heterocycles. The first-order chi connectivity index (χ1) is 9.02. The first-order valence-electron chi connectivity index (χ1n) is 6.40. The fourth-order valence-electron chi connectivity index (χ4n) is 2.14. The highest BCUT2D eigenvalue weighted by Crippen LogP contribution is 2.34. The molecule has 2 N–H and O–H groups in total. The predicted molar refractivity (Wildman–Crippen MR) is 71.8 cm³/mol. The number of rotatable bonds is 5. The van der Waals surface area contributed by atoms with E-state index in [-0.39, 0.29) is 29.1 Å². The Balaban J connectivity index is 2.12. The number of halogens is 2. The summed E-state index contributed by atoms with van der Waals surface area (Å²) >= 11 is 5.90. The Kier molecular flexibility index (Phi) is 4.42. The van der Waals surface area contributed by atoms with Gasteiger partial charge in [0.25, 0.3) is 5.91 Å². The molecule has 1 aliphatic rings. The molecule has 1 aromatic carbocycles. The molecule has 0 aromatic heterocycles. The molecule has 1 atom stereocenters. The molecule has 104 valence electrons. The van der Waals surface area contributed by atoms with E-state index in [0.717, 1.165) is 18.9 Å². The van der Waals surface area contributed by atoms with Crippen molar-refractivity contribution in [1.29, 1.82) is 0 Å². The molecule has 1 fully saturated rings. The van der Waals surface area contributed by atoms with E-state index in [1.54, 1.807) is 6.92 Å². The minimum absolute atomic E-state index is 0.0288. The molecule has 0 saturated heterocycles. The number of aryl methyl sites for hydroxylation is 1. The quantitative estimate of drug-likeness (QED) is 0.874. The van der Waals surface area contributed by atoms with Crippen molar-refractivity contribution in [3.8, 4) is 0 Å². The van der Waals surface area contributed by atoms with Gasteiger partial charge >= 0.3 is 0 Å². The van der Waals surface area contributed by atoms with E-state index >= 15 is 0 Å². The normalized spacial score (nSPS) is 16.2. The summed E-state index contributed by atoms with van der Waals surface area (Å²) in [5.74, 6) is -0.287. The molecule has 0 radical (unpaired) electrons. The van der Waals surface area contributed by atoms with Gasteiger partial charge in [-0.3, -0.25) is 4.79 Å². The first-order valence-corrected chi connectivity index (χ1v) is 6.78. The molecule has 1 unspecified atom stereocenters. The minimum atomic E-state index is -0.421. The van der Waals surface area contributed by atoms with Gasteiger partial charge in [-0.25, -0.2) is 4.39 Å². The van der Waals surface area contributed by atoms with Gasteiger partial charge in [-0.05, 0) is 49.8 Å². The van der Waals surface area contributed by atoms with E-state index < -0.39 is 5.82 Å². The maximum atomic E-state index is 13.3. The average Bonchev–Trinajstić information content (AvgIpc) is 3.17. The molecule has 1 amide bonds. The lowest BCUT2D eigenvalue weighted by Crippen LogP contribution is -2.37. The highest BCUT2D eigenvalue weighted by molar-refractivity contribution is 6.33. The molecular formula is C14H17ClFNO2. The van der Waals surface area contributed by atoms with E-state index in [1.165, 1.54) is 6.07 Å². The number of benzene rings is 1. The highest BCUT2D eigenvalue weighted by atomic mass is 35.5. The topological polar surface area (TPSA) is 49.3 Å². The van der Waals surface area contributed by atoms with Gasteiger partial charge < -0.3 is 10.4 Å². The number of hydrogen-bond donors (Lipinski definition) is 2. The monoisotopic (exact) mass is 285 g/mol. The molecule has 1 saturated carbocycles. The zero-order valence-electron chi connectivity index (χ0n) is 10.7. The minimum Gasteiger partial charge on any atom is -0.396 e. The molecule has 1 aliphatic carbocycles. The second-order valence-electron chi connectivity index (χ2n) is 5.01. The third-order valence-electron chi connectivity index (χ3n) is 3.44. The lowest BCUT2D eigenvalue weighted by Gasteiger charge is -2.17. The zero-order valence-corrected chi connectivity index (χ0v) is 11.5. The highest BCUT2D eigenvalue weighted by Gasteiger charge is 2.32. The smallest absolute Gasteiger partial charge is 0.253 e. The van der Waals surface area contributed by atoms with Gasteiger partial charge in [0.1, 0.15) is 5.82 Å². The second kappa shape index (κ2) is 5.88. The Morgan fingerprint density at radius 3 is 2.84 bits per heavy atom. The van der Waals surface area contributed by atoms with E-state index in [2.05, 4.69) is 5.32 Å². The van der Waals surface area contributed by atoms with Crippen LogP contribution in [-0.2, 0) is 0 Å². The van der Waals surface area contributed by atoms with Crippen LogP contribution in [-0.4, -0.2) is 23.7 Å². The Morgan fingerprint density at radius 2 is 2.26 bits per heavy atom. The number of carbonyl (C=O) groups excluding carboxylic acids is 1. The Bertz CT molecular complexity index is 489. The number of nitrogens with one attached hydrogen (secondary N) is 1.